The summed E-state index contributed by atoms with van der Waals surface area (Å²) in [5.74, 6) is 0.968. The number of halogens is 1. The number of rotatable bonds is 1. The van der Waals surface area contributed by atoms with Crippen LogP contribution in [0, 0.1) is 12.8 Å². The van der Waals surface area contributed by atoms with E-state index in [0.29, 0.717) is 5.41 Å². The molecule has 0 aromatic carbocycles. The van der Waals surface area contributed by atoms with Crippen molar-refractivity contribution >= 4 is 23.7 Å². The van der Waals surface area contributed by atoms with Crippen molar-refractivity contribution in [2.24, 2.45) is 5.92 Å². The molecule has 3 heteroatoms. The van der Waals surface area contributed by atoms with Crippen LogP contribution in [0.5, 0.6) is 0 Å². The second-order valence-corrected chi connectivity index (χ2v) is 5.95. The monoisotopic (exact) mass is 229 g/mol. The molecule has 0 spiro atoms. The van der Waals surface area contributed by atoms with Crippen LogP contribution in [0.3, 0.4) is 0 Å². The van der Waals surface area contributed by atoms with Crippen molar-refractivity contribution in [2.45, 2.75) is 18.8 Å². The molecule has 2 aliphatic rings. The Morgan fingerprint density at radius 1 is 1.50 bits per heavy atom. The molecule has 1 aliphatic heterocycles. The molecule has 2 unspecified atom stereocenters. The van der Waals surface area contributed by atoms with Crippen molar-refractivity contribution in [1.29, 1.82) is 0 Å². The number of likely N-dealkylation sites (tertiary alicyclic amines) is 1. The second-order valence-electron chi connectivity index (χ2n) is 4.66. The smallest absolute Gasteiger partial charge is 0.0218 e. The average molecular weight is 230 g/mol. The fourth-order valence-electron chi connectivity index (χ4n) is 2.82. The van der Waals surface area contributed by atoms with Gasteiger partial charge >= 0.3 is 0 Å². The van der Waals surface area contributed by atoms with Crippen LogP contribution in [0.2, 0.25) is 0 Å². The molecule has 1 aromatic heterocycles. The summed E-state index contributed by atoms with van der Waals surface area (Å²) in [6.07, 6.45) is 1.44. The quantitative estimate of drug-likeness (QED) is 0.716. The van der Waals surface area contributed by atoms with Gasteiger partial charge in [-0.2, -0.15) is 0 Å². The van der Waals surface area contributed by atoms with Crippen LogP contribution >= 0.6 is 23.7 Å². The van der Waals surface area contributed by atoms with Gasteiger partial charge in [-0.05, 0) is 38.4 Å². The van der Waals surface area contributed by atoms with E-state index in [-0.39, 0.29) is 12.4 Å². The van der Waals surface area contributed by atoms with E-state index in [9.17, 15) is 0 Å². The van der Waals surface area contributed by atoms with E-state index in [1.807, 2.05) is 11.3 Å². The van der Waals surface area contributed by atoms with Crippen molar-refractivity contribution in [2.75, 3.05) is 20.1 Å². The summed E-state index contributed by atoms with van der Waals surface area (Å²) in [7, 11) is 2.24. The van der Waals surface area contributed by atoms with Gasteiger partial charge < -0.3 is 4.90 Å². The van der Waals surface area contributed by atoms with Crippen LogP contribution < -0.4 is 0 Å². The van der Waals surface area contributed by atoms with Gasteiger partial charge in [-0.25, -0.2) is 0 Å². The van der Waals surface area contributed by atoms with E-state index in [1.165, 1.54) is 24.4 Å². The Kier molecular flexibility index (Phi) is 2.41. The summed E-state index contributed by atoms with van der Waals surface area (Å²) >= 11 is 2.00. The first-order chi connectivity index (χ1) is 6.21. The van der Waals surface area contributed by atoms with Crippen LogP contribution in [-0.2, 0) is 5.41 Å². The van der Waals surface area contributed by atoms with Gasteiger partial charge in [0.2, 0.25) is 0 Å². The molecule has 78 valence electrons. The highest BCUT2D eigenvalue weighted by molar-refractivity contribution is 7.12. The van der Waals surface area contributed by atoms with E-state index in [0.717, 1.165) is 5.92 Å². The second kappa shape index (κ2) is 3.22. The Labute approximate surface area is 95.5 Å². The summed E-state index contributed by atoms with van der Waals surface area (Å²) in [6, 6.07) is 4.61. The normalized spacial score (nSPS) is 35.1. The molecular weight excluding hydrogens is 214 g/mol. The Morgan fingerprint density at radius 2 is 2.29 bits per heavy atom. The molecule has 1 saturated heterocycles. The fourth-order valence-corrected chi connectivity index (χ4v) is 3.95. The molecule has 2 fully saturated rings. The van der Waals surface area contributed by atoms with Crippen LogP contribution in [0.1, 0.15) is 16.2 Å². The number of fused-ring (bicyclic) bond motifs is 1. The van der Waals surface area contributed by atoms with Crippen LogP contribution in [0.15, 0.2) is 12.1 Å². The largest absolute Gasteiger partial charge is 0.305 e. The third kappa shape index (κ3) is 1.32. The number of hydrogen-bond donors (Lipinski definition) is 0. The highest BCUT2D eigenvalue weighted by atomic mass is 35.5. The molecule has 0 N–H and O–H groups in total. The predicted octanol–water partition coefficient (Wildman–Crippen LogP) is 2.68. The van der Waals surface area contributed by atoms with E-state index in [2.05, 4.69) is 31.0 Å². The van der Waals surface area contributed by atoms with E-state index in [4.69, 9.17) is 0 Å². The molecular formula is C11H16ClNS. The molecule has 14 heavy (non-hydrogen) atoms. The minimum Gasteiger partial charge on any atom is -0.305 e. The molecule has 0 radical (unpaired) electrons. The van der Waals surface area contributed by atoms with Crippen molar-refractivity contribution in [3.63, 3.8) is 0 Å². The number of thiophene rings is 1. The number of likely N-dealkylation sites (N-methyl/N-ethyl adjacent to an activating group) is 1. The molecule has 1 aromatic rings. The lowest BCUT2D eigenvalue weighted by Crippen LogP contribution is -2.21. The summed E-state index contributed by atoms with van der Waals surface area (Å²) in [5, 5.41) is 0. The first kappa shape index (κ1) is 10.5. The Balaban J connectivity index is 0.000000750. The van der Waals surface area contributed by atoms with Crippen LogP contribution in [0.4, 0.5) is 0 Å². The van der Waals surface area contributed by atoms with Gasteiger partial charge in [0.1, 0.15) is 0 Å². The topological polar surface area (TPSA) is 3.24 Å². The number of aryl methyl sites for hydroxylation is 1. The minimum atomic E-state index is 0. The molecule has 0 bridgehead atoms. The van der Waals surface area contributed by atoms with Crippen molar-refractivity contribution in [3.05, 3.63) is 21.9 Å². The lowest BCUT2D eigenvalue weighted by atomic mass is 10.0. The Morgan fingerprint density at radius 3 is 2.79 bits per heavy atom. The molecule has 3 rings (SSSR count). The predicted molar refractivity (Wildman–Crippen MR) is 63.6 cm³/mol. The molecule has 1 saturated carbocycles. The average Bonchev–Trinajstić information content (AvgIpc) is 2.46. The zero-order chi connectivity index (χ0) is 9.05. The van der Waals surface area contributed by atoms with Crippen LogP contribution in [-0.4, -0.2) is 25.0 Å². The lowest BCUT2D eigenvalue weighted by molar-refractivity contribution is 0.364. The van der Waals surface area contributed by atoms with Gasteiger partial charge in [-0.1, -0.05) is 0 Å². The van der Waals surface area contributed by atoms with E-state index < -0.39 is 0 Å². The molecule has 1 aliphatic carbocycles. The maximum Gasteiger partial charge on any atom is 0.0218 e. The lowest BCUT2D eigenvalue weighted by Gasteiger charge is -2.14. The minimum absolute atomic E-state index is 0. The molecule has 0 amide bonds. The fraction of sp³-hybridized carbons (Fsp3) is 0.636. The van der Waals surface area contributed by atoms with E-state index >= 15 is 0 Å². The molecule has 2 atom stereocenters. The first-order valence-electron chi connectivity index (χ1n) is 4.96. The van der Waals surface area contributed by atoms with Crippen molar-refractivity contribution in [3.8, 4) is 0 Å². The Hall–Kier alpha value is -0.0500. The summed E-state index contributed by atoms with van der Waals surface area (Å²) in [5.41, 5.74) is 0.591. The summed E-state index contributed by atoms with van der Waals surface area (Å²) < 4.78 is 0. The van der Waals surface area contributed by atoms with Gasteiger partial charge in [-0.15, -0.1) is 23.7 Å². The summed E-state index contributed by atoms with van der Waals surface area (Å²) in [6.45, 7) is 4.81. The van der Waals surface area contributed by atoms with Crippen LogP contribution in [0.25, 0.3) is 0 Å². The standard InChI is InChI=1S/C11H15NS.ClH/c1-8-3-4-10(13-8)11-5-9(11)6-12(2)7-11;/h3-4,9H,5-7H2,1-2H3;1H. The van der Waals surface area contributed by atoms with Gasteiger partial charge in [-0.3, -0.25) is 0 Å². The third-order valence-electron chi connectivity index (χ3n) is 3.55. The number of hydrogen-bond acceptors (Lipinski definition) is 2. The number of piperidine rings is 1. The van der Waals surface area contributed by atoms with Gasteiger partial charge in [0.05, 0.1) is 0 Å². The maximum atomic E-state index is 2.48. The highest BCUT2D eigenvalue weighted by Gasteiger charge is 2.60. The maximum absolute atomic E-state index is 2.48. The van der Waals surface area contributed by atoms with Crippen molar-refractivity contribution < 1.29 is 0 Å². The van der Waals surface area contributed by atoms with Gasteiger partial charge in [0.25, 0.3) is 0 Å². The van der Waals surface area contributed by atoms with Crippen molar-refractivity contribution in [1.82, 2.24) is 4.90 Å². The van der Waals surface area contributed by atoms with Gasteiger partial charge in [0, 0.05) is 28.3 Å². The number of nitrogens with zero attached hydrogens (tertiary/aromatic N) is 1. The molecule has 2 heterocycles. The van der Waals surface area contributed by atoms with Gasteiger partial charge in [0.15, 0.2) is 0 Å². The third-order valence-corrected chi connectivity index (χ3v) is 4.77. The zero-order valence-corrected chi connectivity index (χ0v) is 10.3. The first-order valence-corrected chi connectivity index (χ1v) is 5.78. The SMILES string of the molecule is Cc1ccc(C23CC2CN(C)C3)s1.Cl. The highest BCUT2D eigenvalue weighted by Crippen LogP contribution is 2.59. The molecule has 1 nitrogen and oxygen atoms in total. The zero-order valence-electron chi connectivity index (χ0n) is 8.62. The Bertz CT molecular complexity index is 349. The summed E-state index contributed by atoms with van der Waals surface area (Å²) in [4.78, 5) is 5.58. The van der Waals surface area contributed by atoms with E-state index in [1.54, 1.807) is 4.88 Å².